The standard InChI is InChI=1S/C19H29NO/c1-13(2)9-14-3-6-16(7-4-14)18(21)19(12-20)11-15-5-8-17(19)10-15/h3-4,6-7,13,15,17-18,21H,5,8-12,20H2,1-2H3. The highest BCUT2D eigenvalue weighted by Crippen LogP contribution is 2.60. The fourth-order valence-electron chi connectivity index (χ4n) is 4.82. The van der Waals surface area contributed by atoms with Crippen LogP contribution >= 0.6 is 0 Å². The molecule has 2 nitrogen and oxygen atoms in total. The Morgan fingerprint density at radius 3 is 2.43 bits per heavy atom. The second-order valence-electron chi connectivity index (χ2n) is 7.76. The minimum absolute atomic E-state index is 0.0670. The Bertz CT molecular complexity index is 481. The van der Waals surface area contributed by atoms with E-state index in [9.17, 15) is 5.11 Å². The van der Waals surface area contributed by atoms with Gasteiger partial charge in [0.2, 0.25) is 0 Å². The Hall–Kier alpha value is -0.860. The molecule has 0 heterocycles. The van der Waals surface area contributed by atoms with Gasteiger partial charge in [0, 0.05) is 12.0 Å². The van der Waals surface area contributed by atoms with E-state index in [4.69, 9.17) is 5.73 Å². The van der Waals surface area contributed by atoms with E-state index >= 15 is 0 Å². The Morgan fingerprint density at radius 2 is 1.95 bits per heavy atom. The lowest BCUT2D eigenvalue weighted by molar-refractivity contribution is -0.0130. The molecule has 2 saturated carbocycles. The maximum atomic E-state index is 11.0. The zero-order valence-electron chi connectivity index (χ0n) is 13.4. The van der Waals surface area contributed by atoms with Crippen LogP contribution in [-0.4, -0.2) is 11.7 Å². The summed E-state index contributed by atoms with van der Waals surface area (Å²) in [5, 5.41) is 11.0. The molecule has 0 amide bonds. The highest BCUT2D eigenvalue weighted by molar-refractivity contribution is 5.27. The molecule has 2 aliphatic rings. The highest BCUT2D eigenvalue weighted by Gasteiger charge is 2.54. The Morgan fingerprint density at radius 1 is 1.24 bits per heavy atom. The fourth-order valence-corrected chi connectivity index (χ4v) is 4.82. The first-order valence-corrected chi connectivity index (χ1v) is 8.52. The molecule has 0 spiro atoms. The predicted molar refractivity (Wildman–Crippen MR) is 86.9 cm³/mol. The molecule has 1 aromatic rings. The number of aliphatic hydroxyl groups excluding tert-OH is 1. The van der Waals surface area contributed by atoms with Crippen molar-refractivity contribution >= 4 is 0 Å². The van der Waals surface area contributed by atoms with Crippen molar-refractivity contribution in [2.75, 3.05) is 6.54 Å². The summed E-state index contributed by atoms with van der Waals surface area (Å²) in [4.78, 5) is 0. The molecule has 0 radical (unpaired) electrons. The van der Waals surface area contributed by atoms with Crippen molar-refractivity contribution in [2.45, 2.75) is 52.1 Å². The SMILES string of the molecule is CC(C)Cc1ccc(C(O)C2(CN)CC3CCC2C3)cc1. The molecule has 0 aliphatic heterocycles. The van der Waals surface area contributed by atoms with E-state index in [2.05, 4.69) is 38.1 Å². The van der Waals surface area contributed by atoms with Crippen LogP contribution in [0.1, 0.15) is 56.8 Å². The molecule has 21 heavy (non-hydrogen) atoms. The molecule has 2 aliphatic carbocycles. The zero-order valence-corrected chi connectivity index (χ0v) is 13.4. The third-order valence-corrected chi connectivity index (χ3v) is 5.89. The van der Waals surface area contributed by atoms with Gasteiger partial charge in [0.1, 0.15) is 0 Å². The zero-order chi connectivity index (χ0) is 15.0. The first-order valence-electron chi connectivity index (χ1n) is 8.52. The summed E-state index contributed by atoms with van der Waals surface area (Å²) in [6.07, 6.45) is 5.69. The van der Waals surface area contributed by atoms with Crippen LogP contribution in [0, 0.1) is 23.2 Å². The van der Waals surface area contributed by atoms with Crippen LogP contribution in [0.2, 0.25) is 0 Å². The molecule has 116 valence electrons. The summed E-state index contributed by atoms with van der Waals surface area (Å²) in [6.45, 7) is 5.09. The molecular weight excluding hydrogens is 258 g/mol. The Labute approximate surface area is 128 Å². The highest BCUT2D eigenvalue weighted by atomic mass is 16.3. The lowest BCUT2D eigenvalue weighted by Gasteiger charge is -2.41. The largest absolute Gasteiger partial charge is 0.388 e. The third kappa shape index (κ3) is 2.64. The molecule has 2 fully saturated rings. The molecule has 3 N–H and O–H groups in total. The van der Waals surface area contributed by atoms with Crippen molar-refractivity contribution in [3.05, 3.63) is 35.4 Å². The van der Waals surface area contributed by atoms with E-state index in [1.165, 1.54) is 24.8 Å². The van der Waals surface area contributed by atoms with Gasteiger partial charge in [-0.05, 0) is 54.6 Å². The third-order valence-electron chi connectivity index (χ3n) is 5.89. The van der Waals surface area contributed by atoms with Crippen LogP contribution in [0.3, 0.4) is 0 Å². The van der Waals surface area contributed by atoms with Crippen molar-refractivity contribution in [3.8, 4) is 0 Å². The summed E-state index contributed by atoms with van der Waals surface area (Å²) in [5.41, 5.74) is 8.48. The average molecular weight is 287 g/mol. The van der Waals surface area contributed by atoms with Crippen LogP contribution in [-0.2, 0) is 6.42 Å². The molecule has 0 saturated heterocycles. The predicted octanol–water partition coefficient (Wildman–Crippen LogP) is 3.68. The minimum Gasteiger partial charge on any atom is -0.388 e. The molecule has 1 aromatic carbocycles. The normalized spacial score (nSPS) is 32.8. The molecule has 0 aromatic heterocycles. The van der Waals surface area contributed by atoms with Crippen LogP contribution < -0.4 is 5.73 Å². The maximum Gasteiger partial charge on any atom is 0.0861 e. The van der Waals surface area contributed by atoms with Crippen LogP contribution in [0.15, 0.2) is 24.3 Å². The quantitative estimate of drug-likeness (QED) is 0.867. The maximum absolute atomic E-state index is 11.0. The van der Waals surface area contributed by atoms with Crippen LogP contribution in [0.4, 0.5) is 0 Å². The topological polar surface area (TPSA) is 46.2 Å². The number of fused-ring (bicyclic) bond motifs is 2. The Kier molecular flexibility index (Phi) is 4.11. The van der Waals surface area contributed by atoms with Crippen molar-refractivity contribution in [1.29, 1.82) is 0 Å². The van der Waals surface area contributed by atoms with E-state index in [0.717, 1.165) is 24.3 Å². The summed E-state index contributed by atoms with van der Waals surface area (Å²) < 4.78 is 0. The minimum atomic E-state index is -0.397. The second kappa shape index (κ2) is 5.73. The van der Waals surface area contributed by atoms with E-state index in [-0.39, 0.29) is 5.41 Å². The number of hydrogen-bond acceptors (Lipinski definition) is 2. The van der Waals surface area contributed by atoms with Gasteiger partial charge in [-0.3, -0.25) is 0 Å². The van der Waals surface area contributed by atoms with E-state index in [1.807, 2.05) is 0 Å². The fraction of sp³-hybridized carbons (Fsp3) is 0.684. The van der Waals surface area contributed by atoms with Crippen LogP contribution in [0.5, 0.6) is 0 Å². The van der Waals surface area contributed by atoms with Gasteiger partial charge in [-0.25, -0.2) is 0 Å². The van der Waals surface area contributed by atoms with Crippen molar-refractivity contribution < 1.29 is 5.11 Å². The van der Waals surface area contributed by atoms with Crippen LogP contribution in [0.25, 0.3) is 0 Å². The summed E-state index contributed by atoms with van der Waals surface area (Å²) in [5.74, 6) is 2.09. The molecule has 3 rings (SSSR count). The van der Waals surface area contributed by atoms with E-state index in [0.29, 0.717) is 18.4 Å². The van der Waals surface area contributed by atoms with Gasteiger partial charge in [0.05, 0.1) is 6.10 Å². The first kappa shape index (κ1) is 15.1. The average Bonchev–Trinajstić information content (AvgIpc) is 3.07. The number of hydrogen-bond donors (Lipinski definition) is 2. The van der Waals surface area contributed by atoms with E-state index < -0.39 is 6.10 Å². The van der Waals surface area contributed by atoms with E-state index in [1.54, 1.807) is 0 Å². The number of rotatable bonds is 5. The summed E-state index contributed by atoms with van der Waals surface area (Å²) in [6, 6.07) is 8.59. The van der Waals surface area contributed by atoms with Crippen molar-refractivity contribution in [1.82, 2.24) is 0 Å². The van der Waals surface area contributed by atoms with Gasteiger partial charge in [-0.15, -0.1) is 0 Å². The monoisotopic (exact) mass is 287 g/mol. The molecule has 2 heteroatoms. The summed E-state index contributed by atoms with van der Waals surface area (Å²) in [7, 11) is 0. The number of nitrogens with two attached hydrogens (primary N) is 1. The number of aliphatic hydroxyl groups is 1. The molecule has 4 atom stereocenters. The second-order valence-corrected chi connectivity index (χ2v) is 7.76. The van der Waals surface area contributed by atoms with Gasteiger partial charge in [-0.2, -0.15) is 0 Å². The smallest absolute Gasteiger partial charge is 0.0861 e. The first-order chi connectivity index (χ1) is 10.0. The van der Waals surface area contributed by atoms with Gasteiger partial charge in [0.15, 0.2) is 0 Å². The van der Waals surface area contributed by atoms with Gasteiger partial charge in [-0.1, -0.05) is 44.5 Å². The van der Waals surface area contributed by atoms with Gasteiger partial charge < -0.3 is 10.8 Å². The summed E-state index contributed by atoms with van der Waals surface area (Å²) >= 11 is 0. The number of benzene rings is 1. The molecule has 2 bridgehead atoms. The van der Waals surface area contributed by atoms with Gasteiger partial charge in [0.25, 0.3) is 0 Å². The lowest BCUT2D eigenvalue weighted by atomic mass is 9.67. The lowest BCUT2D eigenvalue weighted by Crippen LogP contribution is -2.41. The van der Waals surface area contributed by atoms with Gasteiger partial charge >= 0.3 is 0 Å². The van der Waals surface area contributed by atoms with Crippen molar-refractivity contribution in [2.24, 2.45) is 28.9 Å². The molecular formula is C19H29NO. The Balaban J connectivity index is 1.79. The van der Waals surface area contributed by atoms with Crippen molar-refractivity contribution in [3.63, 3.8) is 0 Å². The molecule has 4 unspecified atom stereocenters.